The van der Waals surface area contributed by atoms with E-state index in [1.54, 1.807) is 12.1 Å². The Morgan fingerprint density at radius 3 is 2.28 bits per heavy atom. The molecule has 1 N–H and O–H groups in total. The third kappa shape index (κ3) is 4.30. The third-order valence-corrected chi connectivity index (χ3v) is 4.55. The maximum atomic E-state index is 12.9. The van der Waals surface area contributed by atoms with Crippen molar-refractivity contribution < 1.29 is 27.6 Å². The van der Waals surface area contributed by atoms with Crippen molar-refractivity contribution in [2.24, 2.45) is 0 Å². The van der Waals surface area contributed by atoms with Crippen LogP contribution in [0.1, 0.15) is 45.0 Å². The van der Waals surface area contributed by atoms with Crippen LogP contribution >= 0.6 is 0 Å². The summed E-state index contributed by atoms with van der Waals surface area (Å²) in [4.78, 5) is 12.1. The zero-order chi connectivity index (χ0) is 19.0. The number of carbonyl (C=O) groups excluding carboxylic acids is 1. The van der Waals surface area contributed by atoms with Crippen LogP contribution in [0.4, 0.5) is 8.78 Å². The molecule has 0 radical (unpaired) electrons. The molecule has 1 aromatic rings. The molecule has 0 spiro atoms. The van der Waals surface area contributed by atoms with E-state index in [4.69, 9.17) is 14.0 Å². The lowest BCUT2D eigenvalue weighted by Crippen LogP contribution is -2.41. The first-order chi connectivity index (χ1) is 11.4. The lowest BCUT2D eigenvalue weighted by Gasteiger charge is -2.32. The zero-order valence-electron chi connectivity index (χ0n) is 15.4. The number of rotatable bonds is 5. The van der Waals surface area contributed by atoms with Crippen LogP contribution in [0.5, 0.6) is 5.75 Å². The number of amides is 1. The van der Waals surface area contributed by atoms with E-state index in [-0.39, 0.29) is 11.3 Å². The number of carbonyl (C=O) groups is 1. The molecule has 0 aliphatic carbocycles. The van der Waals surface area contributed by atoms with Gasteiger partial charge in [0.1, 0.15) is 5.75 Å². The Kier molecular flexibility index (Phi) is 5.17. The predicted molar refractivity (Wildman–Crippen MR) is 91.7 cm³/mol. The van der Waals surface area contributed by atoms with Gasteiger partial charge in [-0.1, -0.05) is 6.07 Å². The van der Waals surface area contributed by atoms with E-state index in [0.717, 1.165) is 6.92 Å². The predicted octanol–water partition coefficient (Wildman–Crippen LogP) is 2.38. The van der Waals surface area contributed by atoms with Crippen LogP contribution in [-0.2, 0) is 9.31 Å². The van der Waals surface area contributed by atoms with E-state index in [0.29, 0.717) is 5.46 Å². The summed E-state index contributed by atoms with van der Waals surface area (Å²) in [5.41, 5.74) is -0.124. The Labute approximate surface area is 147 Å². The van der Waals surface area contributed by atoms with Crippen LogP contribution in [0, 0.1) is 0 Å². The molecule has 0 aromatic heterocycles. The first-order valence-electron chi connectivity index (χ1n) is 8.06. The number of ether oxygens (including phenoxy) is 1. The molecular formula is C17H24BF2NO4. The molecule has 1 aliphatic rings. The van der Waals surface area contributed by atoms with Crippen LogP contribution in [0.2, 0.25) is 0 Å². The van der Waals surface area contributed by atoms with Gasteiger partial charge in [0.2, 0.25) is 0 Å². The van der Waals surface area contributed by atoms with E-state index in [2.05, 4.69) is 5.32 Å². The fraction of sp³-hybridized carbons (Fsp3) is 0.588. The van der Waals surface area contributed by atoms with Gasteiger partial charge in [0.05, 0.1) is 30.4 Å². The van der Waals surface area contributed by atoms with Gasteiger partial charge in [-0.25, -0.2) is 8.78 Å². The molecule has 5 nitrogen and oxygen atoms in total. The summed E-state index contributed by atoms with van der Waals surface area (Å²) in [5.74, 6) is -3.34. The van der Waals surface area contributed by atoms with Crippen LogP contribution in [-0.4, -0.2) is 43.8 Å². The Balaban J connectivity index is 2.21. The van der Waals surface area contributed by atoms with E-state index in [9.17, 15) is 13.6 Å². The van der Waals surface area contributed by atoms with Crippen LogP contribution in [0.15, 0.2) is 18.2 Å². The molecule has 1 aromatic carbocycles. The number of methoxy groups -OCH3 is 1. The quantitative estimate of drug-likeness (QED) is 0.824. The summed E-state index contributed by atoms with van der Waals surface area (Å²) in [5, 5.41) is 2.20. The van der Waals surface area contributed by atoms with Crippen molar-refractivity contribution in [2.75, 3.05) is 13.7 Å². The van der Waals surface area contributed by atoms with Gasteiger partial charge >= 0.3 is 7.12 Å². The van der Waals surface area contributed by atoms with Crippen LogP contribution in [0.3, 0.4) is 0 Å². The second kappa shape index (κ2) is 6.57. The highest BCUT2D eigenvalue weighted by atomic mass is 19.3. The maximum Gasteiger partial charge on any atom is 0.494 e. The first kappa shape index (κ1) is 19.7. The van der Waals surface area contributed by atoms with Crippen LogP contribution < -0.4 is 15.5 Å². The average molecular weight is 355 g/mol. The smallest absolute Gasteiger partial charge is 0.494 e. The molecule has 2 rings (SSSR count). The van der Waals surface area contributed by atoms with Gasteiger partial charge in [-0.2, -0.15) is 0 Å². The largest absolute Gasteiger partial charge is 0.496 e. The fourth-order valence-corrected chi connectivity index (χ4v) is 2.35. The number of hydrogen-bond acceptors (Lipinski definition) is 4. The molecule has 1 heterocycles. The molecular weight excluding hydrogens is 331 g/mol. The van der Waals surface area contributed by atoms with Gasteiger partial charge in [-0.3, -0.25) is 4.79 Å². The molecule has 0 bridgehead atoms. The van der Waals surface area contributed by atoms with Gasteiger partial charge in [0, 0.05) is 6.92 Å². The van der Waals surface area contributed by atoms with Crippen molar-refractivity contribution in [3.63, 3.8) is 0 Å². The standard InChI is InChI=1S/C17H24BF2NO4/c1-15(2)16(3,4)25-18(24-15)11-7-8-12(13(9-11)23-6)14(22)21-10-17(5,19)20/h7-9H,10H2,1-6H3,(H,21,22). The van der Waals surface area contributed by atoms with E-state index in [1.165, 1.54) is 13.2 Å². The molecule has 1 fully saturated rings. The number of nitrogens with one attached hydrogen (secondary N) is 1. The summed E-state index contributed by atoms with van der Waals surface area (Å²) >= 11 is 0. The molecule has 0 saturated carbocycles. The van der Waals surface area contributed by atoms with Gasteiger partial charge in [-0.15, -0.1) is 0 Å². The van der Waals surface area contributed by atoms with Crippen molar-refractivity contribution in [3.8, 4) is 5.75 Å². The van der Waals surface area contributed by atoms with Crippen molar-refractivity contribution in [1.82, 2.24) is 5.32 Å². The van der Waals surface area contributed by atoms with Crippen LogP contribution in [0.25, 0.3) is 0 Å². The lowest BCUT2D eigenvalue weighted by atomic mass is 9.78. The summed E-state index contributed by atoms with van der Waals surface area (Å²) in [7, 11) is 0.810. The summed E-state index contributed by atoms with van der Waals surface area (Å²) in [6.07, 6.45) is 0. The van der Waals surface area contributed by atoms with Gasteiger partial charge < -0.3 is 19.4 Å². The monoisotopic (exact) mass is 355 g/mol. The molecule has 1 amide bonds. The van der Waals surface area contributed by atoms with Crippen molar-refractivity contribution in [3.05, 3.63) is 23.8 Å². The molecule has 8 heteroatoms. The maximum absolute atomic E-state index is 12.9. The highest BCUT2D eigenvalue weighted by Gasteiger charge is 2.51. The number of benzene rings is 1. The molecule has 1 saturated heterocycles. The molecule has 0 atom stereocenters. The molecule has 1 aliphatic heterocycles. The minimum absolute atomic E-state index is 0.173. The highest BCUT2D eigenvalue weighted by Crippen LogP contribution is 2.36. The topological polar surface area (TPSA) is 56.8 Å². The Morgan fingerprint density at radius 2 is 1.80 bits per heavy atom. The van der Waals surface area contributed by atoms with Gasteiger partial charge in [0.15, 0.2) is 0 Å². The number of alkyl halides is 2. The van der Waals surface area contributed by atoms with E-state index < -0.39 is 36.7 Å². The second-order valence-electron chi connectivity index (χ2n) is 7.30. The fourth-order valence-electron chi connectivity index (χ4n) is 2.35. The Bertz CT molecular complexity index is 643. The first-order valence-corrected chi connectivity index (χ1v) is 8.06. The number of halogens is 2. The summed E-state index contributed by atoms with van der Waals surface area (Å²) in [6, 6.07) is 4.81. The summed E-state index contributed by atoms with van der Waals surface area (Å²) in [6.45, 7) is 7.77. The second-order valence-corrected chi connectivity index (χ2v) is 7.30. The lowest BCUT2D eigenvalue weighted by molar-refractivity contribution is 0.00578. The van der Waals surface area contributed by atoms with Gasteiger partial charge in [-0.05, 0) is 45.3 Å². The molecule has 138 valence electrons. The minimum atomic E-state index is -2.98. The van der Waals surface area contributed by atoms with E-state index >= 15 is 0 Å². The van der Waals surface area contributed by atoms with Crippen molar-refractivity contribution in [2.45, 2.75) is 51.7 Å². The highest BCUT2D eigenvalue weighted by molar-refractivity contribution is 6.62. The Morgan fingerprint density at radius 1 is 1.24 bits per heavy atom. The third-order valence-electron chi connectivity index (χ3n) is 4.55. The molecule has 0 unspecified atom stereocenters. The SMILES string of the molecule is COc1cc(B2OC(C)(C)C(C)(C)O2)ccc1C(=O)NCC(C)(F)F. The van der Waals surface area contributed by atoms with Gasteiger partial charge in [0.25, 0.3) is 11.8 Å². The zero-order valence-corrected chi connectivity index (χ0v) is 15.4. The molecule has 25 heavy (non-hydrogen) atoms. The number of hydrogen-bond donors (Lipinski definition) is 1. The minimum Gasteiger partial charge on any atom is -0.496 e. The van der Waals surface area contributed by atoms with Crippen molar-refractivity contribution >= 4 is 18.5 Å². The van der Waals surface area contributed by atoms with Crippen molar-refractivity contribution in [1.29, 1.82) is 0 Å². The van der Waals surface area contributed by atoms with E-state index in [1.807, 2.05) is 27.7 Å². The average Bonchev–Trinajstić information content (AvgIpc) is 2.71. The normalized spacial score (nSPS) is 19.0. The summed E-state index contributed by atoms with van der Waals surface area (Å²) < 4.78 is 43.0. The Hall–Kier alpha value is -1.67.